The van der Waals surface area contributed by atoms with Gasteiger partial charge in [0.2, 0.25) is 0 Å². The second kappa shape index (κ2) is 7.08. The molecule has 0 saturated carbocycles. The molecule has 0 bridgehead atoms. The van der Waals surface area contributed by atoms with Crippen LogP contribution in [0.5, 0.6) is 0 Å². The largest absolute Gasteiger partial charge is 0.333 e. The van der Waals surface area contributed by atoms with E-state index in [1.54, 1.807) is 19.1 Å². The van der Waals surface area contributed by atoms with E-state index in [0.717, 1.165) is 11.8 Å². The zero-order chi connectivity index (χ0) is 10.1. The molecule has 0 aliphatic rings. The zero-order valence-electron chi connectivity index (χ0n) is 7.87. The molecule has 0 aliphatic heterocycles. The molecule has 0 amide bonds. The first-order chi connectivity index (χ1) is 6.36. The second-order valence-corrected chi connectivity index (χ2v) is 2.11. The third-order valence-electron chi connectivity index (χ3n) is 1.32. The van der Waals surface area contributed by atoms with E-state index in [-0.39, 0.29) is 0 Å². The van der Waals surface area contributed by atoms with Gasteiger partial charge >= 0.3 is 0 Å². The van der Waals surface area contributed by atoms with Crippen LogP contribution in [-0.2, 0) is 0 Å². The Bertz CT molecular complexity index is 303. The molecule has 0 unspecified atom stereocenters. The summed E-state index contributed by atoms with van der Waals surface area (Å²) in [5.74, 6) is 5.68. The SMILES string of the molecule is CC#Cc1ccc(C=O)cc1.CN. The summed E-state index contributed by atoms with van der Waals surface area (Å²) in [7, 11) is 1.50. The van der Waals surface area contributed by atoms with Crippen LogP contribution in [0.4, 0.5) is 0 Å². The number of carbonyl (C=O) groups excluding carboxylic acids is 1. The predicted octanol–water partition coefficient (Wildman–Crippen LogP) is 1.45. The summed E-state index contributed by atoms with van der Waals surface area (Å²) >= 11 is 0. The predicted molar refractivity (Wildman–Crippen MR) is 54.5 cm³/mol. The minimum Gasteiger partial charge on any atom is -0.333 e. The molecule has 0 aromatic heterocycles. The van der Waals surface area contributed by atoms with Gasteiger partial charge in [-0.2, -0.15) is 0 Å². The number of nitrogens with two attached hydrogens (primary N) is 1. The fourth-order valence-corrected chi connectivity index (χ4v) is 0.789. The van der Waals surface area contributed by atoms with Crippen molar-refractivity contribution in [3.63, 3.8) is 0 Å². The lowest BCUT2D eigenvalue weighted by Crippen LogP contribution is -1.78. The highest BCUT2D eigenvalue weighted by atomic mass is 16.1. The molecule has 0 heterocycles. The highest BCUT2D eigenvalue weighted by molar-refractivity contribution is 5.74. The van der Waals surface area contributed by atoms with Gasteiger partial charge in [0.05, 0.1) is 0 Å². The van der Waals surface area contributed by atoms with Crippen molar-refractivity contribution in [1.29, 1.82) is 0 Å². The highest BCUT2D eigenvalue weighted by Gasteiger charge is 1.87. The molecule has 0 fully saturated rings. The Kier molecular flexibility index (Phi) is 6.21. The minimum absolute atomic E-state index is 0.687. The van der Waals surface area contributed by atoms with Crippen LogP contribution in [0, 0.1) is 11.8 Å². The number of aldehydes is 1. The van der Waals surface area contributed by atoms with Crippen molar-refractivity contribution in [2.24, 2.45) is 5.73 Å². The van der Waals surface area contributed by atoms with Crippen LogP contribution >= 0.6 is 0 Å². The lowest BCUT2D eigenvalue weighted by Gasteiger charge is -1.89. The van der Waals surface area contributed by atoms with Crippen LogP contribution in [0.1, 0.15) is 22.8 Å². The van der Waals surface area contributed by atoms with Gasteiger partial charge in [0, 0.05) is 11.1 Å². The molecule has 1 rings (SSSR count). The van der Waals surface area contributed by atoms with Gasteiger partial charge < -0.3 is 5.73 Å². The van der Waals surface area contributed by atoms with E-state index in [1.807, 2.05) is 12.1 Å². The summed E-state index contributed by atoms with van der Waals surface area (Å²) in [6.07, 6.45) is 0.823. The lowest BCUT2D eigenvalue weighted by molar-refractivity contribution is 0.112. The Hall–Kier alpha value is -1.59. The van der Waals surface area contributed by atoms with E-state index in [9.17, 15) is 4.79 Å². The molecule has 2 heteroatoms. The van der Waals surface area contributed by atoms with Crippen molar-refractivity contribution in [3.05, 3.63) is 35.4 Å². The maximum atomic E-state index is 10.2. The first kappa shape index (κ1) is 11.4. The molecule has 0 radical (unpaired) electrons. The van der Waals surface area contributed by atoms with Gasteiger partial charge in [-0.3, -0.25) is 4.79 Å². The molecule has 13 heavy (non-hydrogen) atoms. The Morgan fingerprint density at radius 1 is 1.23 bits per heavy atom. The normalized spacial score (nSPS) is 7.31. The fraction of sp³-hybridized carbons (Fsp3) is 0.182. The highest BCUT2D eigenvalue weighted by Crippen LogP contribution is 1.99. The van der Waals surface area contributed by atoms with Crippen molar-refractivity contribution in [2.75, 3.05) is 7.05 Å². The lowest BCUT2D eigenvalue weighted by atomic mass is 10.1. The third-order valence-corrected chi connectivity index (χ3v) is 1.32. The van der Waals surface area contributed by atoms with E-state index in [4.69, 9.17) is 0 Å². The number of benzene rings is 1. The van der Waals surface area contributed by atoms with Crippen molar-refractivity contribution in [1.82, 2.24) is 0 Å². The van der Waals surface area contributed by atoms with Crippen LogP contribution in [0.2, 0.25) is 0 Å². The van der Waals surface area contributed by atoms with Crippen molar-refractivity contribution in [3.8, 4) is 11.8 Å². The summed E-state index contributed by atoms with van der Waals surface area (Å²) in [6.45, 7) is 1.79. The van der Waals surface area contributed by atoms with E-state index in [2.05, 4.69) is 17.6 Å². The second-order valence-electron chi connectivity index (χ2n) is 2.11. The van der Waals surface area contributed by atoms with E-state index in [1.165, 1.54) is 7.05 Å². The Morgan fingerprint density at radius 3 is 2.15 bits per heavy atom. The summed E-state index contributed by atoms with van der Waals surface area (Å²) in [5, 5.41) is 0. The van der Waals surface area contributed by atoms with Crippen LogP contribution in [0.3, 0.4) is 0 Å². The van der Waals surface area contributed by atoms with Gasteiger partial charge in [-0.1, -0.05) is 18.1 Å². The van der Waals surface area contributed by atoms with E-state index < -0.39 is 0 Å². The molecule has 0 aliphatic carbocycles. The summed E-state index contributed by atoms with van der Waals surface area (Å²) in [4.78, 5) is 10.2. The van der Waals surface area contributed by atoms with Gasteiger partial charge in [-0.25, -0.2) is 0 Å². The average Bonchev–Trinajstić information content (AvgIpc) is 2.23. The van der Waals surface area contributed by atoms with Crippen molar-refractivity contribution >= 4 is 6.29 Å². The van der Waals surface area contributed by atoms with E-state index in [0.29, 0.717) is 5.56 Å². The Balaban J connectivity index is 0.000000671. The standard InChI is InChI=1S/C10H8O.CH5N/c1-2-3-9-4-6-10(8-11)7-5-9;1-2/h4-8H,1H3;2H2,1H3. The number of hydrogen-bond donors (Lipinski definition) is 1. The quantitative estimate of drug-likeness (QED) is 0.518. The first-order valence-corrected chi connectivity index (χ1v) is 3.92. The minimum atomic E-state index is 0.687. The Morgan fingerprint density at radius 2 is 1.77 bits per heavy atom. The molecule has 2 nitrogen and oxygen atoms in total. The summed E-state index contributed by atoms with van der Waals surface area (Å²) in [5.41, 5.74) is 6.13. The molecule has 1 aromatic rings. The fourth-order valence-electron chi connectivity index (χ4n) is 0.789. The van der Waals surface area contributed by atoms with Crippen LogP contribution in [0.15, 0.2) is 24.3 Å². The van der Waals surface area contributed by atoms with Crippen molar-refractivity contribution < 1.29 is 4.79 Å². The topological polar surface area (TPSA) is 43.1 Å². The van der Waals surface area contributed by atoms with Gasteiger partial charge in [0.15, 0.2) is 0 Å². The van der Waals surface area contributed by atoms with E-state index >= 15 is 0 Å². The molecule has 1 aromatic carbocycles. The van der Waals surface area contributed by atoms with Gasteiger partial charge in [-0.05, 0) is 26.1 Å². The molecular weight excluding hydrogens is 162 g/mol. The maximum absolute atomic E-state index is 10.2. The first-order valence-electron chi connectivity index (χ1n) is 3.92. The molecule has 2 N–H and O–H groups in total. The summed E-state index contributed by atoms with van der Waals surface area (Å²) < 4.78 is 0. The van der Waals surface area contributed by atoms with Crippen LogP contribution in [-0.4, -0.2) is 13.3 Å². The van der Waals surface area contributed by atoms with Gasteiger partial charge in [0.25, 0.3) is 0 Å². The number of rotatable bonds is 1. The molecule has 68 valence electrons. The van der Waals surface area contributed by atoms with Gasteiger partial charge in [-0.15, -0.1) is 5.92 Å². The molecule has 0 atom stereocenters. The average molecular weight is 175 g/mol. The number of carbonyl (C=O) groups is 1. The Labute approximate surface area is 78.8 Å². The zero-order valence-corrected chi connectivity index (χ0v) is 7.87. The van der Waals surface area contributed by atoms with Crippen LogP contribution in [0.25, 0.3) is 0 Å². The molecule has 0 saturated heterocycles. The van der Waals surface area contributed by atoms with Gasteiger partial charge in [0.1, 0.15) is 6.29 Å². The molecule has 0 spiro atoms. The monoisotopic (exact) mass is 175 g/mol. The number of hydrogen-bond acceptors (Lipinski definition) is 2. The van der Waals surface area contributed by atoms with Crippen molar-refractivity contribution in [2.45, 2.75) is 6.92 Å². The molecular formula is C11H13NO. The summed E-state index contributed by atoms with van der Waals surface area (Å²) in [6, 6.07) is 7.18. The van der Waals surface area contributed by atoms with Crippen LogP contribution < -0.4 is 5.73 Å². The maximum Gasteiger partial charge on any atom is 0.150 e. The third kappa shape index (κ3) is 4.09. The smallest absolute Gasteiger partial charge is 0.150 e.